The van der Waals surface area contributed by atoms with E-state index in [0.717, 1.165) is 49.9 Å². The van der Waals surface area contributed by atoms with Crippen LogP contribution < -0.4 is 16.0 Å². The Hall–Kier alpha value is -2.63. The first kappa shape index (κ1) is 25.0. The second kappa shape index (κ2) is 10.8. The number of nitrogens with zero attached hydrogens (tertiary/aromatic N) is 3. The van der Waals surface area contributed by atoms with Gasteiger partial charge in [0.25, 0.3) is 0 Å². The van der Waals surface area contributed by atoms with Crippen LogP contribution in [0, 0.1) is 0 Å². The van der Waals surface area contributed by atoms with Crippen LogP contribution in [0.3, 0.4) is 0 Å². The summed E-state index contributed by atoms with van der Waals surface area (Å²) in [6, 6.07) is 6.98. The topological polar surface area (TPSA) is 93.1 Å². The maximum atomic E-state index is 12.8. The molecule has 2 atom stereocenters. The molecule has 0 aliphatic carbocycles. The van der Waals surface area contributed by atoms with Gasteiger partial charge in [-0.15, -0.1) is 22.7 Å². The summed E-state index contributed by atoms with van der Waals surface area (Å²) in [5.41, 5.74) is 5.52. The van der Waals surface area contributed by atoms with Crippen molar-refractivity contribution in [1.29, 1.82) is 0 Å². The minimum Gasteiger partial charge on any atom is -0.383 e. The molecule has 0 saturated carbocycles. The SMILES string of the molecule is COCCNCCC(=O)Nc1sc2c(c1-c1nc3cc(-c4cnn(C)c4)ccc3s1)C[C@H](C)N[C@@H]2C. The standard InChI is InChI=1S/C26H32N6O2S2/c1-15-11-19-23(25-30-20-12-17(5-6-21(20)35-25)18-13-28-32(3)14-18)26(36-24(19)16(2)29-15)31-22(33)7-8-27-9-10-34-4/h5-6,12-16,27,29H,7-11H2,1-4H3,(H,31,33)/t15-,16+/m0/s1. The van der Waals surface area contributed by atoms with E-state index in [0.29, 0.717) is 25.6 Å². The molecular formula is C26H32N6O2S2. The predicted octanol–water partition coefficient (Wildman–Crippen LogP) is 4.59. The molecule has 1 aliphatic rings. The third-order valence-electron chi connectivity index (χ3n) is 6.38. The first-order valence-corrected chi connectivity index (χ1v) is 13.9. The summed E-state index contributed by atoms with van der Waals surface area (Å²) in [6.45, 7) is 6.38. The maximum Gasteiger partial charge on any atom is 0.226 e. The molecular weight excluding hydrogens is 492 g/mol. The number of aryl methyl sites for hydroxylation is 1. The van der Waals surface area contributed by atoms with Gasteiger partial charge < -0.3 is 20.7 Å². The molecule has 1 aliphatic heterocycles. The fourth-order valence-electron chi connectivity index (χ4n) is 4.69. The van der Waals surface area contributed by atoms with Crippen molar-refractivity contribution in [3.05, 3.63) is 41.0 Å². The predicted molar refractivity (Wildman–Crippen MR) is 148 cm³/mol. The average molecular weight is 525 g/mol. The molecule has 5 rings (SSSR count). The van der Waals surface area contributed by atoms with E-state index in [1.165, 1.54) is 10.4 Å². The molecule has 0 fully saturated rings. The van der Waals surface area contributed by atoms with Gasteiger partial charge in [-0.1, -0.05) is 6.07 Å². The summed E-state index contributed by atoms with van der Waals surface area (Å²) >= 11 is 3.36. The Bertz CT molecular complexity index is 1370. The van der Waals surface area contributed by atoms with Crippen LogP contribution in [0.15, 0.2) is 30.6 Å². The molecule has 10 heteroatoms. The fraction of sp³-hybridized carbons (Fsp3) is 0.423. The van der Waals surface area contributed by atoms with Gasteiger partial charge in [0, 0.05) is 68.0 Å². The zero-order valence-electron chi connectivity index (χ0n) is 21.1. The molecule has 0 radical (unpaired) electrons. The number of methoxy groups -OCH3 is 1. The Balaban J connectivity index is 1.47. The van der Waals surface area contributed by atoms with Crippen molar-refractivity contribution in [2.45, 2.75) is 38.8 Å². The average Bonchev–Trinajstić information content (AvgIpc) is 3.54. The van der Waals surface area contributed by atoms with E-state index in [-0.39, 0.29) is 11.9 Å². The molecule has 1 amide bonds. The number of rotatable bonds is 9. The van der Waals surface area contributed by atoms with Gasteiger partial charge in [0.2, 0.25) is 5.91 Å². The summed E-state index contributed by atoms with van der Waals surface area (Å²) in [4.78, 5) is 19.2. The van der Waals surface area contributed by atoms with E-state index < -0.39 is 0 Å². The van der Waals surface area contributed by atoms with E-state index in [1.807, 2.05) is 24.1 Å². The lowest BCUT2D eigenvalue weighted by atomic mass is 9.95. The molecule has 36 heavy (non-hydrogen) atoms. The highest BCUT2D eigenvalue weighted by molar-refractivity contribution is 7.23. The summed E-state index contributed by atoms with van der Waals surface area (Å²) in [5.74, 6) is 0.00778. The van der Waals surface area contributed by atoms with Gasteiger partial charge in [-0.25, -0.2) is 4.98 Å². The van der Waals surface area contributed by atoms with E-state index in [4.69, 9.17) is 9.72 Å². The number of carbonyl (C=O) groups excluding carboxylic acids is 1. The van der Waals surface area contributed by atoms with Gasteiger partial charge in [0.1, 0.15) is 10.0 Å². The van der Waals surface area contributed by atoms with Crippen LogP contribution in [0.25, 0.3) is 31.9 Å². The zero-order chi connectivity index (χ0) is 25.2. The van der Waals surface area contributed by atoms with E-state index in [1.54, 1.807) is 29.8 Å². The second-order valence-corrected chi connectivity index (χ2v) is 11.4. The van der Waals surface area contributed by atoms with Crippen molar-refractivity contribution < 1.29 is 9.53 Å². The number of hydrogen-bond acceptors (Lipinski definition) is 8. The number of fused-ring (bicyclic) bond motifs is 2. The van der Waals surface area contributed by atoms with Crippen LogP contribution in [-0.2, 0) is 23.0 Å². The van der Waals surface area contributed by atoms with E-state index in [9.17, 15) is 4.79 Å². The van der Waals surface area contributed by atoms with Crippen LogP contribution in [0.2, 0.25) is 0 Å². The van der Waals surface area contributed by atoms with Gasteiger partial charge >= 0.3 is 0 Å². The van der Waals surface area contributed by atoms with E-state index in [2.05, 4.69) is 53.1 Å². The molecule has 0 spiro atoms. The molecule has 190 valence electrons. The number of ether oxygens (including phenoxy) is 1. The number of thiazole rings is 1. The number of benzene rings is 1. The first-order valence-electron chi connectivity index (χ1n) is 12.2. The highest BCUT2D eigenvalue weighted by Gasteiger charge is 2.30. The van der Waals surface area contributed by atoms with Crippen molar-refractivity contribution >= 4 is 43.8 Å². The summed E-state index contributed by atoms with van der Waals surface area (Å²) in [7, 11) is 3.60. The monoisotopic (exact) mass is 524 g/mol. The largest absolute Gasteiger partial charge is 0.383 e. The highest BCUT2D eigenvalue weighted by atomic mass is 32.1. The summed E-state index contributed by atoms with van der Waals surface area (Å²) in [6.07, 6.45) is 5.20. The number of aromatic nitrogens is 3. The Morgan fingerprint density at radius 2 is 2.11 bits per heavy atom. The number of nitrogens with one attached hydrogen (secondary N) is 3. The minimum atomic E-state index is 0.00778. The van der Waals surface area contributed by atoms with Crippen molar-refractivity contribution in [1.82, 2.24) is 25.4 Å². The molecule has 4 heterocycles. The fourth-order valence-corrected chi connectivity index (χ4v) is 7.04. The molecule has 8 nitrogen and oxygen atoms in total. The van der Waals surface area contributed by atoms with Crippen LogP contribution in [0.4, 0.5) is 5.00 Å². The maximum absolute atomic E-state index is 12.8. The first-order chi connectivity index (χ1) is 17.4. The van der Waals surface area contributed by atoms with Crippen molar-refractivity contribution in [2.24, 2.45) is 7.05 Å². The third kappa shape index (κ3) is 5.23. The Morgan fingerprint density at radius 1 is 1.25 bits per heavy atom. The zero-order valence-corrected chi connectivity index (χ0v) is 22.7. The molecule has 1 aromatic carbocycles. The number of anilines is 1. The minimum absolute atomic E-state index is 0.00778. The van der Waals surface area contributed by atoms with Gasteiger partial charge in [-0.2, -0.15) is 5.10 Å². The molecule has 0 unspecified atom stereocenters. The lowest BCUT2D eigenvalue weighted by Gasteiger charge is -2.26. The molecule has 3 N–H and O–H groups in total. The quantitative estimate of drug-likeness (QED) is 0.278. The van der Waals surface area contributed by atoms with Crippen LogP contribution in [-0.4, -0.2) is 53.5 Å². The number of thiophene rings is 1. The summed E-state index contributed by atoms with van der Waals surface area (Å²) < 4.78 is 7.99. The lowest BCUT2D eigenvalue weighted by Crippen LogP contribution is -2.35. The van der Waals surface area contributed by atoms with Crippen molar-refractivity contribution in [3.8, 4) is 21.7 Å². The Kier molecular flexibility index (Phi) is 7.49. The second-order valence-electron chi connectivity index (χ2n) is 9.29. The van der Waals surface area contributed by atoms with Crippen LogP contribution in [0.1, 0.15) is 36.8 Å². The van der Waals surface area contributed by atoms with E-state index >= 15 is 0 Å². The van der Waals surface area contributed by atoms with Crippen molar-refractivity contribution in [2.75, 3.05) is 32.1 Å². The van der Waals surface area contributed by atoms with Gasteiger partial charge in [0.15, 0.2) is 0 Å². The smallest absolute Gasteiger partial charge is 0.226 e. The normalized spacial score (nSPS) is 17.4. The lowest BCUT2D eigenvalue weighted by molar-refractivity contribution is -0.116. The van der Waals surface area contributed by atoms with Gasteiger partial charge in [-0.05, 0) is 43.5 Å². The molecule has 0 bridgehead atoms. The van der Waals surface area contributed by atoms with Crippen LogP contribution in [0.5, 0.6) is 0 Å². The van der Waals surface area contributed by atoms with Crippen LogP contribution >= 0.6 is 22.7 Å². The number of hydrogen-bond donors (Lipinski definition) is 3. The van der Waals surface area contributed by atoms with Crippen molar-refractivity contribution in [3.63, 3.8) is 0 Å². The Morgan fingerprint density at radius 3 is 2.89 bits per heavy atom. The molecule has 0 saturated heterocycles. The number of amides is 1. The highest BCUT2D eigenvalue weighted by Crippen LogP contribution is 2.47. The number of carbonyl (C=O) groups is 1. The third-order valence-corrected chi connectivity index (χ3v) is 8.76. The molecule has 3 aromatic heterocycles. The molecule has 4 aromatic rings. The van der Waals surface area contributed by atoms with Gasteiger partial charge in [-0.3, -0.25) is 9.48 Å². The van der Waals surface area contributed by atoms with Gasteiger partial charge in [0.05, 0.1) is 23.0 Å². The Labute approximate surface area is 219 Å². The summed E-state index contributed by atoms with van der Waals surface area (Å²) in [5, 5.41) is 16.3.